The number of halogens is 1. The first-order chi connectivity index (χ1) is 10.5. The highest BCUT2D eigenvalue weighted by atomic mass is 19.1. The first-order valence-corrected chi connectivity index (χ1v) is 7.79. The number of benzene rings is 1. The van der Waals surface area contributed by atoms with Gasteiger partial charge in [-0.15, -0.1) is 0 Å². The van der Waals surface area contributed by atoms with Crippen LogP contribution in [0.5, 0.6) is 0 Å². The van der Waals surface area contributed by atoms with Gasteiger partial charge in [-0.25, -0.2) is 9.18 Å². The van der Waals surface area contributed by atoms with E-state index < -0.39 is 17.4 Å². The maximum Gasteiger partial charge on any atom is 0.326 e. The van der Waals surface area contributed by atoms with Gasteiger partial charge in [0.2, 0.25) is 5.91 Å². The third-order valence-corrected chi connectivity index (χ3v) is 4.55. The lowest BCUT2D eigenvalue weighted by atomic mass is 9.68. The molecule has 0 heterocycles. The molecule has 2 N–H and O–H groups in total. The molecule has 4 nitrogen and oxygen atoms in total. The van der Waals surface area contributed by atoms with E-state index in [-0.39, 0.29) is 11.7 Å². The maximum atomic E-state index is 13.2. The average Bonchev–Trinajstić information content (AvgIpc) is 2.53. The molecular weight excluding hydrogens is 285 g/mol. The van der Waals surface area contributed by atoms with Gasteiger partial charge in [-0.1, -0.05) is 38.3 Å². The topological polar surface area (TPSA) is 66.4 Å². The smallest absolute Gasteiger partial charge is 0.326 e. The Labute approximate surface area is 129 Å². The number of carbonyl (C=O) groups excluding carboxylic acids is 1. The van der Waals surface area contributed by atoms with Gasteiger partial charge in [0.15, 0.2) is 0 Å². The van der Waals surface area contributed by atoms with E-state index >= 15 is 0 Å². The van der Waals surface area contributed by atoms with Crippen LogP contribution in [0.1, 0.15) is 51.0 Å². The summed E-state index contributed by atoms with van der Waals surface area (Å²) >= 11 is 0. The number of hydrogen-bond acceptors (Lipinski definition) is 2. The lowest BCUT2D eigenvalue weighted by molar-refractivity contribution is -0.143. The molecule has 0 aliphatic heterocycles. The molecule has 2 rings (SSSR count). The van der Waals surface area contributed by atoms with Crippen LogP contribution < -0.4 is 5.32 Å². The molecule has 22 heavy (non-hydrogen) atoms. The number of nitrogens with one attached hydrogen (secondary N) is 1. The molecule has 1 saturated carbocycles. The van der Waals surface area contributed by atoms with E-state index in [1.807, 2.05) is 0 Å². The average molecular weight is 307 g/mol. The number of carboxylic acid groups (broad SMARTS) is 1. The van der Waals surface area contributed by atoms with Crippen molar-refractivity contribution in [3.05, 3.63) is 35.6 Å². The van der Waals surface area contributed by atoms with E-state index in [4.69, 9.17) is 5.11 Å². The fourth-order valence-electron chi connectivity index (χ4n) is 3.21. The highest BCUT2D eigenvalue weighted by Crippen LogP contribution is 2.40. The van der Waals surface area contributed by atoms with Crippen molar-refractivity contribution in [3.8, 4) is 0 Å². The van der Waals surface area contributed by atoms with Crippen LogP contribution in [0.3, 0.4) is 0 Å². The Kier molecular flexibility index (Phi) is 5.16. The van der Waals surface area contributed by atoms with Crippen molar-refractivity contribution in [1.82, 2.24) is 5.32 Å². The van der Waals surface area contributed by atoms with E-state index in [9.17, 15) is 14.0 Å². The van der Waals surface area contributed by atoms with Gasteiger partial charge >= 0.3 is 5.97 Å². The van der Waals surface area contributed by atoms with Gasteiger partial charge < -0.3 is 10.4 Å². The minimum Gasteiger partial charge on any atom is -0.480 e. The van der Waals surface area contributed by atoms with Gasteiger partial charge in [-0.3, -0.25) is 4.79 Å². The van der Waals surface area contributed by atoms with Crippen molar-refractivity contribution in [2.75, 3.05) is 0 Å². The molecule has 1 amide bonds. The summed E-state index contributed by atoms with van der Waals surface area (Å²) in [5.41, 5.74) is 0.0285. The number of amides is 1. The lowest BCUT2D eigenvalue weighted by Crippen LogP contribution is -2.51. The van der Waals surface area contributed by atoms with E-state index in [1.54, 1.807) is 19.1 Å². The van der Waals surface area contributed by atoms with E-state index in [2.05, 4.69) is 5.32 Å². The predicted octanol–water partition coefficient (Wildman–Crippen LogP) is 3.01. The Balaban J connectivity index is 2.30. The largest absolute Gasteiger partial charge is 0.480 e. The molecule has 1 atom stereocenters. The number of rotatable bonds is 5. The Morgan fingerprint density at radius 1 is 1.23 bits per heavy atom. The first kappa shape index (κ1) is 16.5. The summed E-state index contributed by atoms with van der Waals surface area (Å²) in [7, 11) is 0. The molecule has 1 aromatic carbocycles. The van der Waals surface area contributed by atoms with Gasteiger partial charge in [0.25, 0.3) is 0 Å². The zero-order valence-electron chi connectivity index (χ0n) is 12.8. The molecule has 0 bridgehead atoms. The van der Waals surface area contributed by atoms with Gasteiger partial charge in [-0.2, -0.15) is 0 Å². The highest BCUT2D eigenvalue weighted by Gasteiger charge is 2.42. The minimum absolute atomic E-state index is 0.256. The van der Waals surface area contributed by atoms with Crippen molar-refractivity contribution in [1.29, 1.82) is 0 Å². The van der Waals surface area contributed by atoms with Crippen molar-refractivity contribution < 1.29 is 19.1 Å². The van der Waals surface area contributed by atoms with Crippen LogP contribution in [0, 0.1) is 5.82 Å². The van der Waals surface area contributed by atoms with Gasteiger partial charge in [0.1, 0.15) is 11.9 Å². The van der Waals surface area contributed by atoms with Gasteiger partial charge in [0, 0.05) is 0 Å². The molecule has 1 aromatic rings. The number of hydrogen-bond donors (Lipinski definition) is 2. The molecule has 0 saturated heterocycles. The number of carbonyl (C=O) groups is 2. The summed E-state index contributed by atoms with van der Waals surface area (Å²) in [5.74, 6) is -1.62. The molecule has 0 radical (unpaired) electrons. The third-order valence-electron chi connectivity index (χ3n) is 4.55. The summed E-state index contributed by atoms with van der Waals surface area (Å²) in [6.07, 6.45) is 4.55. The van der Waals surface area contributed by atoms with Crippen LogP contribution in [-0.4, -0.2) is 23.0 Å². The summed E-state index contributed by atoms with van der Waals surface area (Å²) in [5, 5.41) is 11.8. The molecule has 120 valence electrons. The highest BCUT2D eigenvalue weighted by molar-refractivity contribution is 5.91. The van der Waals surface area contributed by atoms with Crippen LogP contribution in [0.2, 0.25) is 0 Å². The second-order valence-electron chi connectivity index (χ2n) is 5.92. The van der Waals surface area contributed by atoms with E-state index in [0.717, 1.165) is 24.8 Å². The zero-order valence-corrected chi connectivity index (χ0v) is 12.8. The Morgan fingerprint density at radius 2 is 1.82 bits per heavy atom. The molecule has 1 aliphatic rings. The second kappa shape index (κ2) is 6.90. The van der Waals surface area contributed by atoms with Crippen LogP contribution in [-0.2, 0) is 15.0 Å². The van der Waals surface area contributed by atoms with Crippen molar-refractivity contribution >= 4 is 11.9 Å². The van der Waals surface area contributed by atoms with Crippen LogP contribution in [0.15, 0.2) is 24.3 Å². The second-order valence-corrected chi connectivity index (χ2v) is 5.92. The van der Waals surface area contributed by atoms with Crippen molar-refractivity contribution in [2.24, 2.45) is 0 Å². The number of aliphatic carboxylic acids is 1. The Morgan fingerprint density at radius 3 is 2.32 bits per heavy atom. The van der Waals surface area contributed by atoms with Gasteiger partial charge in [0.05, 0.1) is 5.41 Å². The molecule has 1 unspecified atom stereocenters. The summed E-state index contributed by atoms with van der Waals surface area (Å²) in [6, 6.07) is 5.11. The third kappa shape index (κ3) is 3.29. The predicted molar refractivity (Wildman–Crippen MR) is 81.0 cm³/mol. The molecule has 0 spiro atoms. The fourth-order valence-corrected chi connectivity index (χ4v) is 3.21. The fraction of sp³-hybridized carbons (Fsp3) is 0.529. The summed E-state index contributed by atoms with van der Waals surface area (Å²) < 4.78 is 13.2. The Bertz CT molecular complexity index is 535. The van der Waals surface area contributed by atoms with Gasteiger partial charge in [-0.05, 0) is 37.0 Å². The van der Waals surface area contributed by atoms with E-state index in [0.29, 0.717) is 19.3 Å². The summed E-state index contributed by atoms with van der Waals surface area (Å²) in [6.45, 7) is 1.73. The van der Waals surface area contributed by atoms with Crippen molar-refractivity contribution in [3.63, 3.8) is 0 Å². The normalized spacial score (nSPS) is 18.5. The first-order valence-electron chi connectivity index (χ1n) is 7.79. The van der Waals surface area contributed by atoms with Crippen molar-refractivity contribution in [2.45, 2.75) is 56.9 Å². The SMILES string of the molecule is CCC(NC(=O)C1(c2ccc(F)cc2)CCCCC1)C(=O)O. The molecule has 5 heteroatoms. The van der Waals surface area contributed by atoms with Crippen LogP contribution >= 0.6 is 0 Å². The van der Waals surface area contributed by atoms with Crippen LogP contribution in [0.4, 0.5) is 4.39 Å². The van der Waals surface area contributed by atoms with Crippen LogP contribution in [0.25, 0.3) is 0 Å². The summed E-state index contributed by atoms with van der Waals surface area (Å²) in [4.78, 5) is 24.0. The Hall–Kier alpha value is -1.91. The molecule has 1 aliphatic carbocycles. The zero-order chi connectivity index (χ0) is 16.2. The maximum absolute atomic E-state index is 13.2. The standard InChI is InChI=1S/C17H22FNO3/c1-2-14(15(20)21)19-16(22)17(10-4-3-5-11-17)12-6-8-13(18)9-7-12/h6-9,14H,2-5,10-11H2,1H3,(H,19,22)(H,20,21). The molecule has 1 fully saturated rings. The molecule has 0 aromatic heterocycles. The minimum atomic E-state index is -1.03. The molecular formula is C17H22FNO3. The monoisotopic (exact) mass is 307 g/mol. The van der Waals surface area contributed by atoms with E-state index in [1.165, 1.54) is 12.1 Å². The lowest BCUT2D eigenvalue weighted by Gasteiger charge is -2.37. The quantitative estimate of drug-likeness (QED) is 0.879. The number of carboxylic acids is 1.